The van der Waals surface area contributed by atoms with Crippen LogP contribution < -0.4 is 5.32 Å². The third-order valence-corrected chi connectivity index (χ3v) is 3.53. The maximum absolute atomic E-state index is 10.7. The van der Waals surface area contributed by atoms with Crippen molar-refractivity contribution in [3.05, 3.63) is 16.5 Å². The number of carboxylic acid groups (broad SMARTS) is 1. The molecule has 2 N–H and O–H groups in total. The number of carbonyl (C=O) groups is 1. The summed E-state index contributed by atoms with van der Waals surface area (Å²) in [6.45, 7) is 0.875. The lowest BCUT2D eigenvalue weighted by molar-refractivity contribution is 0.0690. The van der Waals surface area contributed by atoms with Gasteiger partial charge >= 0.3 is 5.97 Å². The molecule has 17 heavy (non-hydrogen) atoms. The molecule has 1 aliphatic carbocycles. The molecule has 0 aromatic carbocycles. The number of nitrogens with one attached hydrogen (secondary N) is 1. The summed E-state index contributed by atoms with van der Waals surface area (Å²) in [5.41, 5.74) is -0.0525. The van der Waals surface area contributed by atoms with Crippen molar-refractivity contribution in [2.45, 2.75) is 25.7 Å². The van der Waals surface area contributed by atoms with Gasteiger partial charge in [0.2, 0.25) is 0 Å². The molecule has 5 nitrogen and oxygen atoms in total. The van der Waals surface area contributed by atoms with Gasteiger partial charge in [-0.15, -0.1) is 0 Å². The van der Waals surface area contributed by atoms with Crippen LogP contribution in [0.3, 0.4) is 0 Å². The number of anilines is 1. The van der Waals surface area contributed by atoms with Crippen LogP contribution in [0.5, 0.6) is 0 Å². The summed E-state index contributed by atoms with van der Waals surface area (Å²) in [5.74, 6) is 0.241. The molecule has 0 radical (unpaired) electrons. The number of rotatable bonds is 4. The van der Waals surface area contributed by atoms with E-state index in [-0.39, 0.29) is 5.69 Å². The van der Waals surface area contributed by atoms with Crippen LogP contribution in [0.1, 0.15) is 36.2 Å². The molecule has 1 saturated carbocycles. The Kier molecular flexibility index (Phi) is 3.93. The molecule has 0 spiro atoms. The molecule has 0 atom stereocenters. The first-order chi connectivity index (χ1) is 8.16. The van der Waals surface area contributed by atoms with E-state index >= 15 is 0 Å². The average Bonchev–Trinajstić information content (AvgIpc) is 2.80. The third-order valence-electron chi connectivity index (χ3n) is 2.98. The summed E-state index contributed by atoms with van der Waals surface area (Å²) in [6, 6.07) is 0. The summed E-state index contributed by atoms with van der Waals surface area (Å²) >= 11 is 3.23. The number of aromatic nitrogens is 2. The summed E-state index contributed by atoms with van der Waals surface area (Å²) in [5, 5.41) is 12.0. The molecule has 6 heteroatoms. The van der Waals surface area contributed by atoms with E-state index in [1.807, 2.05) is 0 Å². The Morgan fingerprint density at radius 3 is 2.82 bits per heavy atom. The fourth-order valence-electron chi connectivity index (χ4n) is 2.04. The smallest absolute Gasteiger partial charge is 0.356 e. The van der Waals surface area contributed by atoms with Gasteiger partial charge in [0.15, 0.2) is 11.5 Å². The fraction of sp³-hybridized carbons (Fsp3) is 0.545. The van der Waals surface area contributed by atoms with E-state index in [0.717, 1.165) is 6.54 Å². The maximum atomic E-state index is 10.7. The van der Waals surface area contributed by atoms with Crippen molar-refractivity contribution in [1.82, 2.24) is 9.97 Å². The van der Waals surface area contributed by atoms with Crippen LogP contribution in [0.2, 0.25) is 0 Å². The van der Waals surface area contributed by atoms with E-state index in [4.69, 9.17) is 5.11 Å². The van der Waals surface area contributed by atoms with Gasteiger partial charge in [-0.1, -0.05) is 12.8 Å². The quantitative estimate of drug-likeness (QED) is 0.893. The summed E-state index contributed by atoms with van der Waals surface area (Å²) in [4.78, 5) is 18.7. The highest BCUT2D eigenvalue weighted by atomic mass is 79.9. The van der Waals surface area contributed by atoms with Gasteiger partial charge in [-0.2, -0.15) is 0 Å². The van der Waals surface area contributed by atoms with Crippen molar-refractivity contribution in [3.63, 3.8) is 0 Å². The highest BCUT2D eigenvalue weighted by Gasteiger charge is 2.16. The van der Waals surface area contributed by atoms with E-state index < -0.39 is 5.97 Å². The standard InChI is InChI=1S/C11H14BrN3O2/c12-9-10(13-5-7-3-1-2-4-7)14-6-8(15-9)11(16)17/h6-7H,1-5H2,(H,13,14)(H,16,17). The van der Waals surface area contributed by atoms with Crippen molar-refractivity contribution < 1.29 is 9.90 Å². The Labute approximate surface area is 108 Å². The Morgan fingerprint density at radius 1 is 1.53 bits per heavy atom. The van der Waals surface area contributed by atoms with Gasteiger partial charge in [-0.05, 0) is 34.7 Å². The molecular weight excluding hydrogens is 286 g/mol. The lowest BCUT2D eigenvalue weighted by Gasteiger charge is -2.11. The molecule has 1 fully saturated rings. The largest absolute Gasteiger partial charge is 0.476 e. The lowest BCUT2D eigenvalue weighted by Crippen LogP contribution is -2.13. The van der Waals surface area contributed by atoms with Crippen LogP contribution in [0.4, 0.5) is 5.82 Å². The highest BCUT2D eigenvalue weighted by molar-refractivity contribution is 9.10. The maximum Gasteiger partial charge on any atom is 0.356 e. The van der Waals surface area contributed by atoms with E-state index in [9.17, 15) is 4.79 Å². The molecule has 2 rings (SSSR count). The molecule has 0 unspecified atom stereocenters. The van der Waals surface area contributed by atoms with Crippen molar-refractivity contribution >= 4 is 27.7 Å². The molecule has 0 aliphatic heterocycles. The van der Waals surface area contributed by atoms with Crippen LogP contribution in [0.25, 0.3) is 0 Å². The van der Waals surface area contributed by atoms with Crippen LogP contribution in [-0.2, 0) is 0 Å². The first-order valence-electron chi connectivity index (χ1n) is 5.66. The average molecular weight is 300 g/mol. The van der Waals surface area contributed by atoms with E-state index in [2.05, 4.69) is 31.2 Å². The van der Waals surface area contributed by atoms with Gasteiger partial charge in [0.25, 0.3) is 0 Å². The Balaban J connectivity index is 1.98. The minimum atomic E-state index is -1.07. The van der Waals surface area contributed by atoms with Gasteiger partial charge in [0.05, 0.1) is 6.20 Å². The lowest BCUT2D eigenvalue weighted by atomic mass is 10.1. The zero-order chi connectivity index (χ0) is 12.3. The first kappa shape index (κ1) is 12.3. The van der Waals surface area contributed by atoms with Crippen LogP contribution in [0, 0.1) is 5.92 Å². The summed E-state index contributed by atoms with van der Waals surface area (Å²) < 4.78 is 0.454. The topological polar surface area (TPSA) is 75.1 Å². The van der Waals surface area contributed by atoms with Gasteiger partial charge < -0.3 is 10.4 Å². The third kappa shape index (κ3) is 3.15. The zero-order valence-electron chi connectivity index (χ0n) is 9.32. The first-order valence-corrected chi connectivity index (χ1v) is 6.46. The van der Waals surface area contributed by atoms with Crippen molar-refractivity contribution in [1.29, 1.82) is 0 Å². The van der Waals surface area contributed by atoms with E-state index in [1.54, 1.807) is 0 Å². The predicted octanol–water partition coefficient (Wildman–Crippen LogP) is 2.54. The van der Waals surface area contributed by atoms with Crippen molar-refractivity contribution in [2.75, 3.05) is 11.9 Å². The Bertz CT molecular complexity index is 419. The molecule has 0 saturated heterocycles. The minimum absolute atomic E-state index is 0.0525. The number of aromatic carboxylic acids is 1. The van der Waals surface area contributed by atoms with Gasteiger partial charge in [0.1, 0.15) is 4.60 Å². The van der Waals surface area contributed by atoms with Crippen molar-refractivity contribution in [2.24, 2.45) is 5.92 Å². The Morgan fingerprint density at radius 2 is 2.24 bits per heavy atom. The number of hydrogen-bond acceptors (Lipinski definition) is 4. The van der Waals surface area contributed by atoms with Gasteiger partial charge in [-0.25, -0.2) is 14.8 Å². The van der Waals surface area contributed by atoms with Gasteiger partial charge in [-0.3, -0.25) is 0 Å². The molecule has 1 aromatic heterocycles. The minimum Gasteiger partial charge on any atom is -0.476 e. The summed E-state index contributed by atoms with van der Waals surface area (Å²) in [6.07, 6.45) is 6.38. The second kappa shape index (κ2) is 5.44. The van der Waals surface area contributed by atoms with Crippen LogP contribution in [-0.4, -0.2) is 27.6 Å². The normalized spacial score (nSPS) is 16.1. The Hall–Kier alpha value is -1.17. The van der Waals surface area contributed by atoms with E-state index in [0.29, 0.717) is 16.3 Å². The fourth-order valence-corrected chi connectivity index (χ4v) is 2.48. The van der Waals surface area contributed by atoms with E-state index in [1.165, 1.54) is 31.9 Å². The second-order valence-electron chi connectivity index (χ2n) is 4.23. The molecule has 0 bridgehead atoms. The molecular formula is C11H14BrN3O2. The number of carboxylic acids is 1. The van der Waals surface area contributed by atoms with Crippen molar-refractivity contribution in [3.8, 4) is 0 Å². The number of hydrogen-bond donors (Lipinski definition) is 2. The highest BCUT2D eigenvalue weighted by Crippen LogP contribution is 2.25. The molecule has 1 heterocycles. The zero-order valence-corrected chi connectivity index (χ0v) is 10.9. The predicted molar refractivity (Wildman–Crippen MR) is 67.1 cm³/mol. The van der Waals surface area contributed by atoms with Crippen LogP contribution in [0.15, 0.2) is 10.8 Å². The number of nitrogens with zero attached hydrogens (tertiary/aromatic N) is 2. The summed E-state index contributed by atoms with van der Waals surface area (Å²) in [7, 11) is 0. The second-order valence-corrected chi connectivity index (χ2v) is 4.98. The molecule has 92 valence electrons. The SMILES string of the molecule is O=C(O)c1cnc(NCC2CCCC2)c(Br)n1. The van der Waals surface area contributed by atoms with Crippen LogP contribution >= 0.6 is 15.9 Å². The molecule has 1 aliphatic rings. The monoisotopic (exact) mass is 299 g/mol. The molecule has 0 amide bonds. The van der Waals surface area contributed by atoms with Gasteiger partial charge in [0, 0.05) is 6.54 Å². The molecule has 1 aromatic rings. The number of halogens is 1.